The highest BCUT2D eigenvalue weighted by molar-refractivity contribution is 5.97. The van der Waals surface area contributed by atoms with Gasteiger partial charge in [-0.2, -0.15) is 0 Å². The highest BCUT2D eigenvalue weighted by Gasteiger charge is 2.10. The summed E-state index contributed by atoms with van der Waals surface area (Å²) in [6, 6.07) is 15.5. The van der Waals surface area contributed by atoms with Gasteiger partial charge in [-0.1, -0.05) is 30.3 Å². The minimum atomic E-state index is -0.373. The van der Waals surface area contributed by atoms with Crippen LogP contribution in [0.3, 0.4) is 0 Å². The molecule has 0 spiro atoms. The van der Waals surface area contributed by atoms with Gasteiger partial charge in [-0.05, 0) is 38.1 Å². The van der Waals surface area contributed by atoms with Crippen LogP contribution in [0, 0.1) is 0 Å². The van der Waals surface area contributed by atoms with E-state index in [4.69, 9.17) is 9.47 Å². The van der Waals surface area contributed by atoms with Gasteiger partial charge in [-0.3, -0.25) is 4.79 Å². The molecule has 0 aliphatic heterocycles. The van der Waals surface area contributed by atoms with E-state index < -0.39 is 0 Å². The summed E-state index contributed by atoms with van der Waals surface area (Å²) in [6.45, 7) is 3.55. The molecular formula is C18H18O4. The molecule has 0 fully saturated rings. The quantitative estimate of drug-likeness (QED) is 0.605. The Morgan fingerprint density at radius 1 is 0.909 bits per heavy atom. The Hall–Kier alpha value is -2.62. The molecule has 0 bridgehead atoms. The average molecular weight is 298 g/mol. The van der Waals surface area contributed by atoms with Crippen LogP contribution in [0.15, 0.2) is 54.6 Å². The van der Waals surface area contributed by atoms with Crippen LogP contribution in [-0.2, 0) is 4.74 Å². The molecule has 0 heterocycles. The highest BCUT2D eigenvalue weighted by atomic mass is 16.5. The highest BCUT2D eigenvalue weighted by Crippen LogP contribution is 2.14. The van der Waals surface area contributed by atoms with Crippen LogP contribution in [0.4, 0.5) is 0 Å². The molecule has 114 valence electrons. The first-order valence-corrected chi connectivity index (χ1v) is 7.08. The van der Waals surface area contributed by atoms with Crippen LogP contribution in [0.1, 0.15) is 34.6 Å². The minimum absolute atomic E-state index is 0.0419. The third kappa shape index (κ3) is 4.45. The second-order valence-corrected chi connectivity index (χ2v) is 5.06. The van der Waals surface area contributed by atoms with E-state index in [1.807, 2.05) is 18.2 Å². The maximum Gasteiger partial charge on any atom is 0.338 e. The first-order valence-electron chi connectivity index (χ1n) is 7.08. The van der Waals surface area contributed by atoms with Gasteiger partial charge in [0.1, 0.15) is 5.75 Å². The summed E-state index contributed by atoms with van der Waals surface area (Å²) in [7, 11) is 0. The molecule has 0 saturated heterocycles. The van der Waals surface area contributed by atoms with Gasteiger partial charge in [0.25, 0.3) is 0 Å². The lowest BCUT2D eigenvalue weighted by Crippen LogP contribution is -2.12. The Morgan fingerprint density at radius 3 is 2.14 bits per heavy atom. The molecule has 0 amide bonds. The first kappa shape index (κ1) is 15.8. The smallest absolute Gasteiger partial charge is 0.338 e. The molecule has 4 nitrogen and oxygen atoms in total. The second-order valence-electron chi connectivity index (χ2n) is 5.06. The third-order valence-corrected chi connectivity index (χ3v) is 2.90. The number of Topliss-reactive ketones (excluding diaryl/α,β-unsaturated/α-hetero) is 1. The second kappa shape index (κ2) is 7.41. The molecule has 2 rings (SSSR count). The fraction of sp³-hybridized carbons (Fsp3) is 0.222. The number of rotatable bonds is 6. The summed E-state index contributed by atoms with van der Waals surface area (Å²) >= 11 is 0. The van der Waals surface area contributed by atoms with Crippen molar-refractivity contribution in [2.24, 2.45) is 0 Å². The molecule has 0 radical (unpaired) electrons. The Kier molecular flexibility index (Phi) is 5.31. The van der Waals surface area contributed by atoms with E-state index in [2.05, 4.69) is 0 Å². The number of carbonyl (C=O) groups is 2. The summed E-state index contributed by atoms with van der Waals surface area (Å²) in [5.41, 5.74) is 1.06. The SMILES string of the molecule is CC(C)OC(=O)c1ccc(OCC(=O)c2ccccc2)cc1. The lowest BCUT2D eigenvalue weighted by Gasteiger charge is -2.09. The normalized spacial score (nSPS) is 10.3. The van der Waals surface area contributed by atoms with Crippen molar-refractivity contribution in [2.75, 3.05) is 6.61 Å². The maximum atomic E-state index is 11.9. The zero-order valence-corrected chi connectivity index (χ0v) is 12.6. The van der Waals surface area contributed by atoms with Gasteiger partial charge < -0.3 is 9.47 Å². The van der Waals surface area contributed by atoms with Gasteiger partial charge >= 0.3 is 5.97 Å². The minimum Gasteiger partial charge on any atom is -0.485 e. The molecule has 2 aromatic carbocycles. The van der Waals surface area contributed by atoms with Crippen molar-refractivity contribution in [1.82, 2.24) is 0 Å². The van der Waals surface area contributed by atoms with E-state index >= 15 is 0 Å². The van der Waals surface area contributed by atoms with Crippen molar-refractivity contribution in [3.8, 4) is 5.75 Å². The topological polar surface area (TPSA) is 52.6 Å². The zero-order valence-electron chi connectivity index (χ0n) is 12.6. The number of hydrogen-bond acceptors (Lipinski definition) is 4. The molecule has 0 aliphatic carbocycles. The van der Waals surface area contributed by atoms with Crippen LogP contribution in [0.25, 0.3) is 0 Å². The molecule has 0 aliphatic rings. The standard InChI is InChI=1S/C18H18O4/c1-13(2)22-18(20)15-8-10-16(11-9-15)21-12-17(19)14-6-4-3-5-7-14/h3-11,13H,12H2,1-2H3. The Labute approximate surface area is 129 Å². The monoisotopic (exact) mass is 298 g/mol. The van der Waals surface area contributed by atoms with Gasteiger partial charge in [0.05, 0.1) is 11.7 Å². The zero-order chi connectivity index (χ0) is 15.9. The van der Waals surface area contributed by atoms with Gasteiger partial charge in [0.2, 0.25) is 0 Å². The molecular weight excluding hydrogens is 280 g/mol. The Balaban J connectivity index is 1.92. The third-order valence-electron chi connectivity index (χ3n) is 2.90. The fourth-order valence-electron chi connectivity index (χ4n) is 1.83. The molecule has 22 heavy (non-hydrogen) atoms. The number of benzene rings is 2. The number of esters is 1. The molecule has 0 aromatic heterocycles. The average Bonchev–Trinajstić information content (AvgIpc) is 2.53. The predicted molar refractivity (Wildman–Crippen MR) is 83.3 cm³/mol. The number of hydrogen-bond donors (Lipinski definition) is 0. The van der Waals surface area contributed by atoms with Gasteiger partial charge in [-0.25, -0.2) is 4.79 Å². The van der Waals surface area contributed by atoms with E-state index in [-0.39, 0.29) is 24.5 Å². The van der Waals surface area contributed by atoms with E-state index in [0.717, 1.165) is 0 Å². The van der Waals surface area contributed by atoms with Crippen LogP contribution in [0.5, 0.6) is 5.75 Å². The number of carbonyl (C=O) groups excluding carboxylic acids is 2. The molecule has 0 atom stereocenters. The van der Waals surface area contributed by atoms with Gasteiger partial charge in [-0.15, -0.1) is 0 Å². The maximum absolute atomic E-state index is 11.9. The van der Waals surface area contributed by atoms with E-state index in [0.29, 0.717) is 16.9 Å². The molecule has 4 heteroatoms. The van der Waals surface area contributed by atoms with Crippen LogP contribution in [-0.4, -0.2) is 24.5 Å². The Morgan fingerprint density at radius 2 is 1.55 bits per heavy atom. The fourth-order valence-corrected chi connectivity index (χ4v) is 1.83. The van der Waals surface area contributed by atoms with E-state index in [9.17, 15) is 9.59 Å². The van der Waals surface area contributed by atoms with Crippen molar-refractivity contribution < 1.29 is 19.1 Å². The van der Waals surface area contributed by atoms with E-state index in [1.165, 1.54) is 0 Å². The molecule has 0 N–H and O–H groups in total. The van der Waals surface area contributed by atoms with Crippen LogP contribution >= 0.6 is 0 Å². The Bertz CT molecular complexity index is 630. The van der Waals surface area contributed by atoms with Crippen LogP contribution < -0.4 is 4.74 Å². The predicted octanol–water partition coefficient (Wildman–Crippen LogP) is 3.51. The summed E-state index contributed by atoms with van der Waals surface area (Å²) < 4.78 is 10.5. The van der Waals surface area contributed by atoms with Crippen LogP contribution in [0.2, 0.25) is 0 Å². The number of ether oxygens (including phenoxy) is 2. The number of ketones is 1. The van der Waals surface area contributed by atoms with Gasteiger partial charge in [0, 0.05) is 5.56 Å². The summed E-state index contributed by atoms with van der Waals surface area (Å²) in [4.78, 5) is 23.6. The molecule has 0 unspecified atom stereocenters. The van der Waals surface area contributed by atoms with Crippen molar-refractivity contribution >= 4 is 11.8 Å². The largest absolute Gasteiger partial charge is 0.485 e. The van der Waals surface area contributed by atoms with Crippen molar-refractivity contribution in [3.63, 3.8) is 0 Å². The van der Waals surface area contributed by atoms with Crippen molar-refractivity contribution in [3.05, 3.63) is 65.7 Å². The lowest BCUT2D eigenvalue weighted by molar-refractivity contribution is 0.0377. The van der Waals surface area contributed by atoms with Crippen molar-refractivity contribution in [2.45, 2.75) is 20.0 Å². The summed E-state index contributed by atoms with van der Waals surface area (Å²) in [6.07, 6.45) is -0.160. The molecule has 0 saturated carbocycles. The van der Waals surface area contributed by atoms with E-state index in [1.54, 1.807) is 50.2 Å². The van der Waals surface area contributed by atoms with Crippen molar-refractivity contribution in [1.29, 1.82) is 0 Å². The molecule has 2 aromatic rings. The summed E-state index contributed by atoms with van der Waals surface area (Å²) in [5.74, 6) is 0.0659. The lowest BCUT2D eigenvalue weighted by atomic mass is 10.1. The van der Waals surface area contributed by atoms with Gasteiger partial charge in [0.15, 0.2) is 12.4 Å². The first-order chi connectivity index (χ1) is 10.6. The summed E-state index contributed by atoms with van der Waals surface area (Å²) in [5, 5.41) is 0.